The number of carbonyl (C=O) groups excluding carboxylic acids is 2. The van der Waals surface area contributed by atoms with Crippen molar-refractivity contribution in [3.8, 4) is 22.5 Å². The zero-order valence-electron chi connectivity index (χ0n) is 37.8. The van der Waals surface area contributed by atoms with E-state index in [1.807, 2.05) is 94.8 Å². The van der Waals surface area contributed by atoms with Crippen LogP contribution in [0, 0.1) is 0 Å². The van der Waals surface area contributed by atoms with Crippen molar-refractivity contribution < 1.29 is 18.9 Å². The number of rotatable bonds is 15. The maximum atomic E-state index is 13.3. The fourth-order valence-electron chi connectivity index (χ4n) is 7.74. The molecule has 0 aliphatic carbocycles. The van der Waals surface area contributed by atoms with Gasteiger partial charge in [0.15, 0.2) is 11.3 Å². The van der Waals surface area contributed by atoms with E-state index in [2.05, 4.69) is 43.6 Å². The van der Waals surface area contributed by atoms with Crippen LogP contribution in [-0.2, 0) is 31.7 Å². The number of halogens is 5. The monoisotopic (exact) mass is 1010 g/mol. The molecule has 16 heteroatoms. The molecule has 1 aliphatic rings. The molecule has 10 nitrogen and oxygen atoms in total. The zero-order chi connectivity index (χ0) is 46.5. The molecule has 0 saturated carbocycles. The molecular formula is C48H56BBrCl4N6O4. The molecule has 5 heterocycles. The normalized spacial score (nSPS) is 14.2. The van der Waals surface area contributed by atoms with Crippen molar-refractivity contribution in [2.75, 3.05) is 26.2 Å². The van der Waals surface area contributed by atoms with Gasteiger partial charge in [0.2, 0.25) is 11.8 Å². The first-order chi connectivity index (χ1) is 30.4. The molecule has 1 aliphatic heterocycles. The fourth-order valence-corrected chi connectivity index (χ4v) is 9.03. The van der Waals surface area contributed by atoms with Crippen LogP contribution in [0.25, 0.3) is 33.8 Å². The van der Waals surface area contributed by atoms with Gasteiger partial charge in [0.05, 0.1) is 66.9 Å². The molecule has 0 spiro atoms. The molecule has 0 radical (unpaired) electrons. The average molecular weight is 1010 g/mol. The molecule has 0 unspecified atom stereocenters. The van der Waals surface area contributed by atoms with Crippen LogP contribution in [-0.4, -0.2) is 84.9 Å². The van der Waals surface area contributed by atoms with Gasteiger partial charge in [-0.3, -0.25) is 9.59 Å². The van der Waals surface area contributed by atoms with Gasteiger partial charge in [-0.2, -0.15) is 0 Å². The molecule has 1 saturated heterocycles. The predicted octanol–water partition coefficient (Wildman–Crippen LogP) is 12.1. The van der Waals surface area contributed by atoms with Crippen molar-refractivity contribution in [3.05, 3.63) is 109 Å². The van der Waals surface area contributed by atoms with Gasteiger partial charge in [-0.15, -0.1) is 0 Å². The zero-order valence-corrected chi connectivity index (χ0v) is 42.4. The summed E-state index contributed by atoms with van der Waals surface area (Å²) in [6, 6.07) is 19.2. The van der Waals surface area contributed by atoms with Gasteiger partial charge >= 0.3 is 7.12 Å². The quantitative estimate of drug-likeness (QED) is 0.0952. The van der Waals surface area contributed by atoms with E-state index in [1.165, 1.54) is 0 Å². The predicted molar refractivity (Wildman–Crippen MR) is 266 cm³/mol. The average Bonchev–Trinajstić information content (AvgIpc) is 3.86. The third-order valence-corrected chi connectivity index (χ3v) is 13.1. The summed E-state index contributed by atoms with van der Waals surface area (Å²) in [6.07, 6.45) is 7.64. The number of pyridine rings is 2. The van der Waals surface area contributed by atoms with E-state index in [9.17, 15) is 9.59 Å². The highest BCUT2D eigenvalue weighted by Gasteiger charge is 2.51. The topological polar surface area (TPSA) is 93.7 Å². The summed E-state index contributed by atoms with van der Waals surface area (Å²) in [6.45, 7) is 19.4. The summed E-state index contributed by atoms with van der Waals surface area (Å²) >= 11 is 28.9. The summed E-state index contributed by atoms with van der Waals surface area (Å²) in [5.41, 5.74) is 6.11. The van der Waals surface area contributed by atoms with Crippen molar-refractivity contribution in [2.24, 2.45) is 0 Å². The number of amides is 2. The van der Waals surface area contributed by atoms with Gasteiger partial charge in [-0.05, 0) is 83.1 Å². The Kier molecular flexibility index (Phi) is 16.6. The van der Waals surface area contributed by atoms with Crippen LogP contribution in [0.3, 0.4) is 0 Å². The van der Waals surface area contributed by atoms with Crippen LogP contribution in [0.4, 0.5) is 0 Å². The van der Waals surface area contributed by atoms with Gasteiger partial charge in [-0.1, -0.05) is 126 Å². The van der Waals surface area contributed by atoms with E-state index < -0.39 is 18.3 Å². The van der Waals surface area contributed by atoms with Gasteiger partial charge in [0.1, 0.15) is 0 Å². The van der Waals surface area contributed by atoms with Crippen molar-refractivity contribution >= 4 is 98.0 Å². The first-order valence-corrected chi connectivity index (χ1v) is 24.2. The van der Waals surface area contributed by atoms with Crippen molar-refractivity contribution in [1.29, 1.82) is 0 Å². The number of imidazole rings is 2. The lowest BCUT2D eigenvalue weighted by Gasteiger charge is -2.32. The highest BCUT2D eigenvalue weighted by molar-refractivity contribution is 9.10. The molecule has 6 aromatic rings. The summed E-state index contributed by atoms with van der Waals surface area (Å²) in [5.74, 6) is 0.145. The van der Waals surface area contributed by atoms with E-state index in [0.717, 1.165) is 90.0 Å². The van der Waals surface area contributed by atoms with Crippen LogP contribution in [0.5, 0.6) is 0 Å². The first-order valence-electron chi connectivity index (χ1n) is 21.9. The Morgan fingerprint density at radius 3 is 1.34 bits per heavy atom. The van der Waals surface area contributed by atoms with Crippen LogP contribution in [0.15, 0.2) is 77.5 Å². The minimum absolute atomic E-state index is 0.0617. The van der Waals surface area contributed by atoms with Gasteiger partial charge in [0, 0.05) is 54.2 Å². The third kappa shape index (κ3) is 11.1. The van der Waals surface area contributed by atoms with E-state index in [0.29, 0.717) is 37.1 Å². The Morgan fingerprint density at radius 2 is 0.984 bits per heavy atom. The summed E-state index contributed by atoms with van der Waals surface area (Å²) in [7, 11) is -0.448. The molecule has 0 N–H and O–H groups in total. The molecule has 0 atom stereocenters. The van der Waals surface area contributed by atoms with Crippen molar-refractivity contribution in [1.82, 2.24) is 28.6 Å². The Balaban J connectivity index is 0.000000219. The molecule has 1 fully saturated rings. The Labute approximate surface area is 405 Å². The molecule has 64 heavy (non-hydrogen) atoms. The largest absolute Gasteiger partial charge is 0.494 e. The number of carbonyl (C=O) groups is 2. The number of fused-ring (bicyclic) bond motifs is 2. The summed E-state index contributed by atoms with van der Waals surface area (Å²) in [5, 5.41) is 1.89. The van der Waals surface area contributed by atoms with Crippen LogP contribution < -0.4 is 5.46 Å². The second-order valence-corrected chi connectivity index (χ2v) is 19.6. The Morgan fingerprint density at radius 1 is 0.625 bits per heavy atom. The highest BCUT2D eigenvalue weighted by atomic mass is 79.9. The van der Waals surface area contributed by atoms with Gasteiger partial charge in [0.25, 0.3) is 0 Å². The maximum absolute atomic E-state index is 13.3. The second-order valence-electron chi connectivity index (χ2n) is 17.0. The first kappa shape index (κ1) is 49.8. The molecule has 2 amide bonds. The van der Waals surface area contributed by atoms with Gasteiger partial charge in [-0.25, -0.2) is 9.97 Å². The summed E-state index contributed by atoms with van der Waals surface area (Å²) in [4.78, 5) is 39.8. The van der Waals surface area contributed by atoms with Crippen molar-refractivity contribution in [3.63, 3.8) is 0 Å². The lowest BCUT2D eigenvalue weighted by Crippen LogP contribution is -2.41. The molecular weight excluding hydrogens is 957 g/mol. The van der Waals surface area contributed by atoms with E-state index in [-0.39, 0.29) is 24.7 Å². The molecule has 4 aromatic heterocycles. The van der Waals surface area contributed by atoms with Gasteiger partial charge < -0.3 is 27.9 Å². The van der Waals surface area contributed by atoms with Crippen LogP contribution in [0.1, 0.15) is 92.5 Å². The summed E-state index contributed by atoms with van der Waals surface area (Å²) < 4.78 is 17.1. The standard InChI is InChI=1S/C27H34BCl2N3O3.C21H22BrCl2N3O/c1-7-13-32(14-8-2)23(34)16-22-24(31-25-21(30)15-20(29)17-33(22)25)18-9-11-19(12-10-18)28-35-26(3,4)27(5,6)36-28;1-3-9-26(10-4-2)19(28)12-18-20(14-5-7-15(22)8-6-14)25-21-17(24)11-16(23)13-27(18)21/h9-12,15,17H,7-8,13-14,16H2,1-6H3;5-8,11,13H,3-4,9-10,12H2,1-2H3. The SMILES string of the molecule is CCCN(CCC)C(=O)Cc1c(-c2ccc(B3OC(C)(C)C(C)(C)O3)cc2)nc2c(Cl)cc(Cl)cn12.CCCN(CCC)C(=O)Cc1c(-c2ccc(Br)cc2)nc2c(Cl)cc(Cl)cn12. The Hall–Kier alpha value is -3.62. The smallest absolute Gasteiger partial charge is 0.399 e. The van der Waals surface area contributed by atoms with Crippen molar-refractivity contribution in [2.45, 2.75) is 105 Å². The molecule has 2 aromatic carbocycles. The number of nitrogens with zero attached hydrogens (tertiary/aromatic N) is 6. The number of benzene rings is 2. The fraction of sp³-hybridized carbons (Fsp3) is 0.417. The molecule has 7 rings (SSSR count). The third-order valence-electron chi connectivity index (χ3n) is 11.6. The maximum Gasteiger partial charge on any atom is 0.494 e. The number of hydrogen-bond acceptors (Lipinski definition) is 6. The minimum Gasteiger partial charge on any atom is -0.399 e. The lowest BCUT2D eigenvalue weighted by molar-refractivity contribution is -0.131. The lowest BCUT2D eigenvalue weighted by atomic mass is 9.78. The van der Waals surface area contributed by atoms with E-state index in [4.69, 9.17) is 65.7 Å². The Bertz CT molecular complexity index is 2570. The highest BCUT2D eigenvalue weighted by Crippen LogP contribution is 2.37. The molecule has 340 valence electrons. The number of aromatic nitrogens is 4. The molecule has 0 bridgehead atoms. The van der Waals surface area contributed by atoms with Crippen LogP contribution >= 0.6 is 62.3 Å². The van der Waals surface area contributed by atoms with Crippen LogP contribution in [0.2, 0.25) is 20.1 Å². The second kappa shape index (κ2) is 21.3. The van der Waals surface area contributed by atoms with E-state index >= 15 is 0 Å². The number of hydrogen-bond donors (Lipinski definition) is 0. The minimum atomic E-state index is -0.448. The van der Waals surface area contributed by atoms with E-state index in [1.54, 1.807) is 24.5 Å².